The van der Waals surface area contributed by atoms with E-state index in [4.69, 9.17) is 0 Å². The topological polar surface area (TPSA) is 45.2 Å². The van der Waals surface area contributed by atoms with Crippen molar-refractivity contribution < 1.29 is 4.79 Å². The van der Waals surface area contributed by atoms with Gasteiger partial charge in [-0.3, -0.25) is 4.79 Å². The zero-order valence-electron chi connectivity index (χ0n) is 16.0. The lowest BCUT2D eigenvalue weighted by Crippen LogP contribution is -2.30. The molecule has 0 bridgehead atoms. The molecular weight excluding hydrogens is 334 g/mol. The molecule has 0 unspecified atom stereocenters. The smallest absolute Gasteiger partial charge is 0.257 e. The summed E-state index contributed by atoms with van der Waals surface area (Å²) in [5.41, 5.74) is 3.89. The fourth-order valence-electron chi connectivity index (χ4n) is 2.99. The molecule has 0 radical (unpaired) electrons. The van der Waals surface area contributed by atoms with Gasteiger partial charge in [-0.25, -0.2) is 4.98 Å². The summed E-state index contributed by atoms with van der Waals surface area (Å²) in [5, 5.41) is 2.88. The van der Waals surface area contributed by atoms with E-state index in [0.29, 0.717) is 17.4 Å². The van der Waals surface area contributed by atoms with Crippen molar-refractivity contribution in [3.8, 4) is 0 Å². The molecule has 3 rings (SSSR count). The Morgan fingerprint density at radius 3 is 2.33 bits per heavy atom. The number of carbonyl (C=O) groups excluding carboxylic acids is 1. The third-order valence-corrected chi connectivity index (χ3v) is 4.53. The van der Waals surface area contributed by atoms with E-state index in [1.54, 1.807) is 0 Å². The predicted molar refractivity (Wildman–Crippen MR) is 111 cm³/mol. The normalized spacial score (nSPS) is 10.7. The summed E-state index contributed by atoms with van der Waals surface area (Å²) in [5.74, 6) is 0.411. The molecule has 0 spiro atoms. The molecule has 27 heavy (non-hydrogen) atoms. The van der Waals surface area contributed by atoms with Crippen molar-refractivity contribution in [1.29, 1.82) is 0 Å². The molecule has 138 valence electrons. The molecule has 0 fully saturated rings. The van der Waals surface area contributed by atoms with Crippen LogP contribution in [0.2, 0.25) is 0 Å². The van der Waals surface area contributed by atoms with Crippen LogP contribution in [0.25, 0.3) is 0 Å². The Bertz CT molecular complexity index is 889. The number of nitrogens with one attached hydrogen (secondary N) is 1. The quantitative estimate of drug-likeness (QED) is 0.669. The second kappa shape index (κ2) is 8.49. The molecule has 0 saturated heterocycles. The Hall–Kier alpha value is -3.14. The van der Waals surface area contributed by atoms with Crippen LogP contribution in [0.1, 0.15) is 35.3 Å². The number of rotatable bonds is 6. The minimum atomic E-state index is -0.140. The summed E-state index contributed by atoms with van der Waals surface area (Å²) >= 11 is 0. The number of hydrogen-bond donors (Lipinski definition) is 1. The molecule has 4 nitrogen and oxygen atoms in total. The molecular formula is C23H25N3O. The van der Waals surface area contributed by atoms with E-state index in [1.165, 1.54) is 5.56 Å². The summed E-state index contributed by atoms with van der Waals surface area (Å²) < 4.78 is 0. The van der Waals surface area contributed by atoms with Crippen molar-refractivity contribution in [2.24, 2.45) is 0 Å². The van der Waals surface area contributed by atoms with Crippen molar-refractivity contribution in [3.63, 3.8) is 0 Å². The number of anilines is 2. The van der Waals surface area contributed by atoms with Crippen LogP contribution in [-0.2, 0) is 6.54 Å². The van der Waals surface area contributed by atoms with Gasteiger partial charge >= 0.3 is 0 Å². The minimum absolute atomic E-state index is 0.140. The lowest BCUT2D eigenvalue weighted by atomic mass is 10.1. The number of carbonyl (C=O) groups is 1. The van der Waals surface area contributed by atoms with Crippen LogP contribution in [0.3, 0.4) is 0 Å². The third kappa shape index (κ3) is 4.73. The maximum Gasteiger partial charge on any atom is 0.257 e. The van der Waals surface area contributed by atoms with E-state index in [-0.39, 0.29) is 5.91 Å². The largest absolute Gasteiger partial charge is 0.364 e. The molecule has 0 aliphatic carbocycles. The van der Waals surface area contributed by atoms with E-state index < -0.39 is 0 Å². The van der Waals surface area contributed by atoms with Crippen LogP contribution in [0, 0.1) is 6.92 Å². The minimum Gasteiger partial charge on any atom is -0.364 e. The molecule has 1 amide bonds. The lowest BCUT2D eigenvalue weighted by molar-refractivity contribution is 0.102. The summed E-state index contributed by atoms with van der Waals surface area (Å²) in [6, 6.07) is 22.1. The van der Waals surface area contributed by atoms with Crippen LogP contribution < -0.4 is 10.2 Å². The van der Waals surface area contributed by atoms with Crippen LogP contribution in [-0.4, -0.2) is 16.9 Å². The molecule has 0 aliphatic rings. The molecule has 1 aromatic heterocycles. The Morgan fingerprint density at radius 1 is 1.00 bits per heavy atom. The molecule has 1 N–H and O–H groups in total. The average molecular weight is 359 g/mol. The number of amides is 1. The first-order valence-electron chi connectivity index (χ1n) is 9.18. The molecule has 1 heterocycles. The Morgan fingerprint density at radius 2 is 1.70 bits per heavy atom. The first-order valence-corrected chi connectivity index (χ1v) is 9.18. The Labute approximate surface area is 160 Å². The molecule has 0 atom stereocenters. The number of pyridine rings is 1. The van der Waals surface area contributed by atoms with Gasteiger partial charge in [0.05, 0.1) is 11.9 Å². The summed E-state index contributed by atoms with van der Waals surface area (Å²) in [6.45, 7) is 7.07. The van der Waals surface area contributed by atoms with E-state index >= 15 is 0 Å². The molecule has 0 aliphatic heterocycles. The summed E-state index contributed by atoms with van der Waals surface area (Å²) in [6.07, 6.45) is 1.82. The van der Waals surface area contributed by atoms with Crippen molar-refractivity contribution in [3.05, 3.63) is 89.6 Å². The van der Waals surface area contributed by atoms with Gasteiger partial charge in [-0.2, -0.15) is 0 Å². The number of hydrogen-bond acceptors (Lipinski definition) is 3. The molecule has 0 saturated carbocycles. The Balaban J connectivity index is 1.73. The highest BCUT2D eigenvalue weighted by atomic mass is 16.1. The standard InChI is InChI=1S/C23H25N3O/c1-17(2)26(16-19-10-5-4-6-11-19)20-13-14-22(24-15-20)25-23(27)21-12-8-7-9-18(21)3/h4-15,17H,16H2,1-3H3,(H,24,25,27). The zero-order valence-corrected chi connectivity index (χ0v) is 16.0. The second-order valence-electron chi connectivity index (χ2n) is 6.88. The van der Waals surface area contributed by atoms with E-state index in [2.05, 4.69) is 53.3 Å². The lowest BCUT2D eigenvalue weighted by Gasteiger charge is -2.29. The van der Waals surface area contributed by atoms with Gasteiger partial charge in [0.2, 0.25) is 0 Å². The van der Waals surface area contributed by atoms with E-state index in [9.17, 15) is 4.79 Å². The van der Waals surface area contributed by atoms with Gasteiger partial charge in [0.25, 0.3) is 5.91 Å². The van der Waals surface area contributed by atoms with Gasteiger partial charge in [0.15, 0.2) is 0 Å². The molecule has 4 heteroatoms. The van der Waals surface area contributed by atoms with Crippen LogP contribution in [0.5, 0.6) is 0 Å². The van der Waals surface area contributed by atoms with Gasteiger partial charge in [-0.1, -0.05) is 48.5 Å². The van der Waals surface area contributed by atoms with Crippen molar-refractivity contribution in [2.45, 2.75) is 33.4 Å². The molecule has 2 aromatic carbocycles. The van der Waals surface area contributed by atoms with Gasteiger partial charge < -0.3 is 10.2 Å². The zero-order chi connectivity index (χ0) is 19.2. The van der Waals surface area contributed by atoms with Gasteiger partial charge in [0, 0.05) is 18.2 Å². The number of benzene rings is 2. The number of aryl methyl sites for hydroxylation is 1. The SMILES string of the molecule is Cc1ccccc1C(=O)Nc1ccc(N(Cc2ccccc2)C(C)C)cn1. The maximum absolute atomic E-state index is 12.4. The number of nitrogens with zero attached hydrogens (tertiary/aromatic N) is 2. The highest BCUT2D eigenvalue weighted by molar-refractivity contribution is 6.04. The first-order chi connectivity index (χ1) is 13.0. The predicted octanol–water partition coefficient (Wildman–Crippen LogP) is 5.06. The third-order valence-electron chi connectivity index (χ3n) is 4.53. The average Bonchev–Trinajstić information content (AvgIpc) is 2.68. The summed E-state index contributed by atoms with van der Waals surface area (Å²) in [4.78, 5) is 19.2. The van der Waals surface area contributed by atoms with Crippen molar-refractivity contribution >= 4 is 17.4 Å². The summed E-state index contributed by atoms with van der Waals surface area (Å²) in [7, 11) is 0. The van der Waals surface area contributed by atoms with E-state index in [0.717, 1.165) is 17.8 Å². The van der Waals surface area contributed by atoms with E-state index in [1.807, 2.05) is 55.6 Å². The Kier molecular flexibility index (Phi) is 5.87. The van der Waals surface area contributed by atoms with Gasteiger partial charge in [-0.05, 0) is 50.1 Å². The molecule has 3 aromatic rings. The highest BCUT2D eigenvalue weighted by Crippen LogP contribution is 2.21. The second-order valence-corrected chi connectivity index (χ2v) is 6.88. The van der Waals surface area contributed by atoms with Crippen LogP contribution >= 0.6 is 0 Å². The first kappa shape index (κ1) is 18.6. The fourth-order valence-corrected chi connectivity index (χ4v) is 2.99. The number of aromatic nitrogens is 1. The van der Waals surface area contributed by atoms with Gasteiger partial charge in [0.1, 0.15) is 5.82 Å². The van der Waals surface area contributed by atoms with Crippen LogP contribution in [0.4, 0.5) is 11.5 Å². The van der Waals surface area contributed by atoms with Crippen LogP contribution in [0.15, 0.2) is 72.9 Å². The monoisotopic (exact) mass is 359 g/mol. The fraction of sp³-hybridized carbons (Fsp3) is 0.217. The highest BCUT2D eigenvalue weighted by Gasteiger charge is 2.13. The van der Waals surface area contributed by atoms with Crippen molar-refractivity contribution in [1.82, 2.24) is 4.98 Å². The van der Waals surface area contributed by atoms with Gasteiger partial charge in [-0.15, -0.1) is 0 Å². The maximum atomic E-state index is 12.4. The van der Waals surface area contributed by atoms with Crippen molar-refractivity contribution in [2.75, 3.05) is 10.2 Å².